The minimum atomic E-state index is -0.444. The number of benzene rings is 2. The summed E-state index contributed by atoms with van der Waals surface area (Å²) in [6, 6.07) is 15.9. The zero-order valence-electron chi connectivity index (χ0n) is 16.5. The fourth-order valence-corrected chi connectivity index (χ4v) is 11.1. The molecule has 29 heavy (non-hydrogen) atoms. The van der Waals surface area contributed by atoms with Gasteiger partial charge in [0.25, 0.3) is 0 Å². The van der Waals surface area contributed by atoms with Crippen LogP contribution in [0.25, 0.3) is 10.8 Å². The van der Waals surface area contributed by atoms with Crippen LogP contribution in [0.5, 0.6) is 0 Å². The standard InChI is InChI=1S/C24H22SSi.2ClH.Zr/c1-26(2)25-22-13-7-12-21(22)23(18-9-4-5-10-18)24(25)20-15-14-17-8-3-6-11-19(17)16-20;;;/h3-9,11-16,24H,10H2,1-2H3;2*1H;/q;;;+2/p-2. The average Bonchev–Trinajstić information content (AvgIpc) is 3.37. The van der Waals surface area contributed by atoms with E-state index in [-0.39, 0.29) is 51.0 Å². The van der Waals surface area contributed by atoms with Gasteiger partial charge in [-0.1, -0.05) is 79.9 Å². The molecule has 0 saturated heterocycles. The van der Waals surface area contributed by atoms with Gasteiger partial charge in [0, 0.05) is 17.7 Å². The van der Waals surface area contributed by atoms with Gasteiger partial charge in [0.15, 0.2) is 0 Å². The van der Waals surface area contributed by atoms with Crippen molar-refractivity contribution in [3.05, 3.63) is 106 Å². The molecule has 146 valence electrons. The Hall–Kier alpha value is -0.570. The number of allylic oxidation sites excluding steroid dienone is 8. The number of halogens is 2. The van der Waals surface area contributed by atoms with Crippen molar-refractivity contribution >= 4 is 28.2 Å². The molecule has 2 atom stereocenters. The van der Waals surface area contributed by atoms with E-state index in [2.05, 4.69) is 92.0 Å². The van der Waals surface area contributed by atoms with Crippen LogP contribution in [0.15, 0.2) is 101 Å². The quantitative estimate of drug-likeness (QED) is 0.508. The van der Waals surface area contributed by atoms with E-state index in [9.17, 15) is 0 Å². The molecule has 2 aliphatic carbocycles. The van der Waals surface area contributed by atoms with Crippen molar-refractivity contribution in [3.63, 3.8) is 0 Å². The first-order valence-corrected chi connectivity index (χ1v) is 13.8. The maximum Gasteiger partial charge on any atom is 2.00 e. The molecular weight excluding hydrogens is 511 g/mol. The molecule has 0 amide bonds. The van der Waals surface area contributed by atoms with E-state index >= 15 is 0 Å². The van der Waals surface area contributed by atoms with E-state index in [0.717, 1.165) is 6.42 Å². The minimum Gasteiger partial charge on any atom is -1.00 e. The Morgan fingerprint density at radius 2 is 1.69 bits per heavy atom. The molecular formula is C24H22Cl2SSiZr. The van der Waals surface area contributed by atoms with Crippen molar-refractivity contribution < 1.29 is 51.0 Å². The smallest absolute Gasteiger partial charge is 1.00 e. The van der Waals surface area contributed by atoms with Gasteiger partial charge in [-0.2, -0.15) is 9.89 Å². The molecule has 0 spiro atoms. The van der Waals surface area contributed by atoms with Gasteiger partial charge < -0.3 is 24.8 Å². The second kappa shape index (κ2) is 10.2. The average molecular weight is 533 g/mol. The van der Waals surface area contributed by atoms with Crippen molar-refractivity contribution in [1.82, 2.24) is 0 Å². The molecule has 1 aliphatic heterocycles. The summed E-state index contributed by atoms with van der Waals surface area (Å²) >= 11 is 0. The predicted molar refractivity (Wildman–Crippen MR) is 118 cm³/mol. The molecule has 1 heterocycles. The molecule has 2 aromatic carbocycles. The minimum absolute atomic E-state index is 0. The summed E-state index contributed by atoms with van der Waals surface area (Å²) in [4.78, 5) is 1.62. The molecule has 0 radical (unpaired) electrons. The molecule has 5 heteroatoms. The maximum atomic E-state index is 2.49. The Morgan fingerprint density at radius 3 is 2.38 bits per heavy atom. The fraction of sp³-hybridized carbons (Fsp3) is 0.167. The summed E-state index contributed by atoms with van der Waals surface area (Å²) < 4.78 is 0. The van der Waals surface area contributed by atoms with Crippen LogP contribution in [0.1, 0.15) is 17.2 Å². The van der Waals surface area contributed by atoms with Gasteiger partial charge in [-0.25, -0.2) is 0 Å². The summed E-state index contributed by atoms with van der Waals surface area (Å²) in [6.07, 6.45) is 14.9. The van der Waals surface area contributed by atoms with Gasteiger partial charge in [0.05, 0.1) is 0 Å². The van der Waals surface area contributed by atoms with Gasteiger partial charge in [-0.15, -0.1) is 0 Å². The third-order valence-electron chi connectivity index (χ3n) is 5.43. The van der Waals surface area contributed by atoms with Crippen LogP contribution in [0, 0.1) is 0 Å². The molecule has 0 N–H and O–H groups in total. The second-order valence-corrected chi connectivity index (χ2v) is 14.4. The Morgan fingerprint density at radius 1 is 0.931 bits per heavy atom. The number of hydrogen-bond acceptors (Lipinski definition) is 0. The van der Waals surface area contributed by atoms with Gasteiger partial charge in [-0.3, -0.25) is 0 Å². The Kier molecular flexibility index (Phi) is 8.65. The van der Waals surface area contributed by atoms with Crippen molar-refractivity contribution in [2.45, 2.75) is 24.8 Å². The van der Waals surface area contributed by atoms with Gasteiger partial charge in [0.2, 0.25) is 0 Å². The van der Waals surface area contributed by atoms with Crippen LogP contribution in [-0.2, 0) is 26.2 Å². The van der Waals surface area contributed by atoms with E-state index < -0.39 is 7.50 Å². The van der Waals surface area contributed by atoms with Gasteiger partial charge in [0.1, 0.15) is 0 Å². The van der Waals surface area contributed by atoms with E-state index in [1.165, 1.54) is 27.5 Å². The van der Waals surface area contributed by atoms with E-state index in [1.54, 1.807) is 10.5 Å². The third-order valence-corrected chi connectivity index (χ3v) is 12.1. The van der Waals surface area contributed by atoms with Crippen molar-refractivity contribution in [2.24, 2.45) is 0 Å². The zero-order chi connectivity index (χ0) is 17.7. The van der Waals surface area contributed by atoms with Crippen LogP contribution in [0.3, 0.4) is 0 Å². The monoisotopic (exact) mass is 530 g/mol. The zero-order valence-corrected chi connectivity index (χ0v) is 22.2. The molecule has 0 saturated carbocycles. The fourth-order valence-electron chi connectivity index (χ4n) is 4.32. The Balaban J connectivity index is 0.000001000. The molecule has 0 bridgehead atoms. The molecule has 2 aromatic rings. The van der Waals surface area contributed by atoms with Crippen LogP contribution in [0.4, 0.5) is 0 Å². The van der Waals surface area contributed by atoms with Gasteiger partial charge >= 0.3 is 26.2 Å². The second-order valence-electron chi connectivity index (χ2n) is 7.27. The number of hydrogen-bond donors (Lipinski definition) is 0. The molecule has 5 rings (SSSR count). The Labute approximate surface area is 208 Å². The number of fused-ring (bicyclic) bond motifs is 2. The molecule has 3 aliphatic rings. The molecule has 2 unspecified atom stereocenters. The van der Waals surface area contributed by atoms with Gasteiger partial charge in [-0.05, 0) is 51.6 Å². The normalized spacial score (nSPS) is 21.2. The summed E-state index contributed by atoms with van der Waals surface area (Å²) in [5.41, 5.74) is 6.14. The Bertz CT molecular complexity index is 1130. The van der Waals surface area contributed by atoms with Crippen LogP contribution < -0.4 is 24.8 Å². The number of rotatable bonds is 2. The summed E-state index contributed by atoms with van der Waals surface area (Å²) in [7, 11) is -0.129. The van der Waals surface area contributed by atoms with Crippen LogP contribution in [0.2, 0.25) is 13.1 Å². The van der Waals surface area contributed by atoms with E-state index in [1.807, 2.05) is 0 Å². The molecule has 0 aromatic heterocycles. The first kappa shape index (κ1) is 24.7. The van der Waals surface area contributed by atoms with E-state index in [0.29, 0.717) is 15.1 Å². The third kappa shape index (κ3) is 4.27. The predicted octanol–water partition coefficient (Wildman–Crippen LogP) is 1.06. The molecule has 0 nitrogen and oxygen atoms in total. The summed E-state index contributed by atoms with van der Waals surface area (Å²) in [6.45, 7) is 4.98. The van der Waals surface area contributed by atoms with Crippen LogP contribution in [-0.4, -0.2) is 7.50 Å². The van der Waals surface area contributed by atoms with Crippen molar-refractivity contribution in [2.75, 3.05) is 0 Å². The summed E-state index contributed by atoms with van der Waals surface area (Å²) in [5, 5.41) is 3.22. The van der Waals surface area contributed by atoms with Crippen LogP contribution >= 0.6 is 9.89 Å². The van der Waals surface area contributed by atoms with E-state index in [4.69, 9.17) is 0 Å². The summed E-state index contributed by atoms with van der Waals surface area (Å²) in [5.74, 6) is 0. The first-order chi connectivity index (χ1) is 12.7. The van der Waals surface area contributed by atoms with Crippen molar-refractivity contribution in [3.8, 4) is 0 Å². The SMILES string of the molecule is C[Si](C)=S1C2=CC=CC2=C(C2=CC=CC2)C1c1ccc2ccccc2c1.[Cl-].[Cl-].[Zr+2]. The maximum absolute atomic E-state index is 2.49. The molecule has 0 fully saturated rings. The van der Waals surface area contributed by atoms with Crippen molar-refractivity contribution in [1.29, 1.82) is 0 Å². The first-order valence-electron chi connectivity index (χ1n) is 9.25. The topological polar surface area (TPSA) is 0 Å². The largest absolute Gasteiger partial charge is 2.00 e.